The summed E-state index contributed by atoms with van der Waals surface area (Å²) in [6.45, 7) is 1.96. The zero-order chi connectivity index (χ0) is 10.4. The normalized spacial score (nSPS) is 9.57. The molecule has 1 heterocycles. The molecule has 0 spiro atoms. The average molecular weight is 258 g/mol. The molecule has 0 unspecified atom stereocenters. The Kier molecular flexibility index (Phi) is 4.39. The molecule has 14 heavy (non-hydrogen) atoms. The first kappa shape index (κ1) is 11.0. The van der Waals surface area contributed by atoms with Crippen LogP contribution < -0.4 is 10.9 Å². The summed E-state index contributed by atoms with van der Waals surface area (Å²) in [6, 6.07) is 3.60. The molecular formula is C9H12BrN3O. The van der Waals surface area contributed by atoms with Crippen LogP contribution in [0.5, 0.6) is 0 Å². The molecule has 0 aliphatic heterocycles. The number of halogens is 1. The lowest BCUT2D eigenvalue weighted by Crippen LogP contribution is -2.29. The highest BCUT2D eigenvalue weighted by Gasteiger charge is 1.98. The Balaban J connectivity index is 2.41. The third-order valence-corrected chi connectivity index (χ3v) is 2.02. The molecule has 0 atom stereocenters. The first-order valence-electron chi connectivity index (χ1n) is 4.38. The quantitative estimate of drug-likeness (QED) is 0.813. The van der Waals surface area contributed by atoms with Crippen LogP contribution in [0.3, 0.4) is 0 Å². The van der Waals surface area contributed by atoms with Gasteiger partial charge in [0.1, 0.15) is 5.82 Å². The molecule has 5 heteroatoms. The molecule has 0 radical (unpaired) electrons. The molecule has 0 saturated carbocycles. The van der Waals surface area contributed by atoms with E-state index in [4.69, 9.17) is 0 Å². The molecule has 4 nitrogen and oxygen atoms in total. The molecule has 1 amide bonds. The number of hydrogen-bond acceptors (Lipinski definition) is 3. The van der Waals surface area contributed by atoms with Crippen molar-refractivity contribution in [3.8, 4) is 0 Å². The Hall–Kier alpha value is -1.10. The van der Waals surface area contributed by atoms with Crippen LogP contribution in [-0.4, -0.2) is 10.9 Å². The highest BCUT2D eigenvalue weighted by atomic mass is 79.9. The van der Waals surface area contributed by atoms with Crippen LogP contribution in [0.25, 0.3) is 0 Å². The van der Waals surface area contributed by atoms with Crippen molar-refractivity contribution in [2.45, 2.75) is 19.8 Å². The zero-order valence-electron chi connectivity index (χ0n) is 7.88. The fourth-order valence-electron chi connectivity index (χ4n) is 0.896. The van der Waals surface area contributed by atoms with Gasteiger partial charge in [-0.15, -0.1) is 0 Å². The van der Waals surface area contributed by atoms with Crippen molar-refractivity contribution in [2.24, 2.45) is 0 Å². The van der Waals surface area contributed by atoms with Crippen molar-refractivity contribution < 1.29 is 4.79 Å². The van der Waals surface area contributed by atoms with Crippen molar-refractivity contribution >= 4 is 27.7 Å². The van der Waals surface area contributed by atoms with Gasteiger partial charge in [-0.2, -0.15) is 0 Å². The summed E-state index contributed by atoms with van der Waals surface area (Å²) in [5.74, 6) is 0.582. The maximum atomic E-state index is 11.1. The second-order valence-electron chi connectivity index (χ2n) is 2.78. The van der Waals surface area contributed by atoms with Crippen LogP contribution in [0.2, 0.25) is 0 Å². The molecule has 0 aliphatic rings. The van der Waals surface area contributed by atoms with Crippen molar-refractivity contribution in [1.29, 1.82) is 0 Å². The molecule has 76 valence electrons. The minimum atomic E-state index is -0.0331. The largest absolute Gasteiger partial charge is 0.282 e. The third kappa shape index (κ3) is 3.74. The van der Waals surface area contributed by atoms with E-state index >= 15 is 0 Å². The van der Waals surface area contributed by atoms with E-state index in [9.17, 15) is 4.79 Å². The van der Waals surface area contributed by atoms with Gasteiger partial charge < -0.3 is 0 Å². The van der Waals surface area contributed by atoms with Crippen LogP contribution in [0.4, 0.5) is 5.82 Å². The van der Waals surface area contributed by atoms with Crippen LogP contribution >= 0.6 is 15.9 Å². The zero-order valence-corrected chi connectivity index (χ0v) is 9.47. The van der Waals surface area contributed by atoms with Crippen LogP contribution in [-0.2, 0) is 4.79 Å². The Morgan fingerprint density at radius 1 is 1.64 bits per heavy atom. The minimum absolute atomic E-state index is 0.0331. The Morgan fingerprint density at radius 3 is 3.07 bits per heavy atom. The topological polar surface area (TPSA) is 54.0 Å². The van der Waals surface area contributed by atoms with E-state index < -0.39 is 0 Å². The van der Waals surface area contributed by atoms with E-state index in [0.29, 0.717) is 12.2 Å². The number of aromatic nitrogens is 1. The molecule has 0 aromatic carbocycles. The lowest BCUT2D eigenvalue weighted by atomic mass is 10.3. The summed E-state index contributed by atoms with van der Waals surface area (Å²) in [5, 5.41) is 0. The number of carbonyl (C=O) groups is 1. The lowest BCUT2D eigenvalue weighted by molar-refractivity contribution is -0.120. The maximum absolute atomic E-state index is 11.1. The van der Waals surface area contributed by atoms with Gasteiger partial charge in [0.25, 0.3) is 0 Å². The molecule has 2 N–H and O–H groups in total. The summed E-state index contributed by atoms with van der Waals surface area (Å²) in [5.41, 5.74) is 5.28. The molecule has 1 aromatic heterocycles. The fourth-order valence-corrected chi connectivity index (χ4v) is 1.23. The Bertz CT molecular complexity index is 317. The number of rotatable bonds is 4. The van der Waals surface area contributed by atoms with E-state index in [1.807, 2.05) is 13.0 Å². The first-order valence-corrected chi connectivity index (χ1v) is 5.18. The average Bonchev–Trinajstić information content (AvgIpc) is 2.15. The highest BCUT2D eigenvalue weighted by Crippen LogP contribution is 2.11. The summed E-state index contributed by atoms with van der Waals surface area (Å²) in [7, 11) is 0. The van der Waals surface area contributed by atoms with Gasteiger partial charge in [-0.1, -0.05) is 22.9 Å². The number of pyridine rings is 1. The van der Waals surface area contributed by atoms with Gasteiger partial charge in [0.2, 0.25) is 5.91 Å². The van der Waals surface area contributed by atoms with Crippen LogP contribution in [0.1, 0.15) is 19.8 Å². The number of nitrogens with zero attached hydrogens (tertiary/aromatic N) is 1. The highest BCUT2D eigenvalue weighted by molar-refractivity contribution is 9.10. The minimum Gasteiger partial charge on any atom is -0.282 e. The molecule has 0 saturated heterocycles. The summed E-state index contributed by atoms with van der Waals surface area (Å²) in [6.07, 6.45) is 3.00. The second-order valence-corrected chi connectivity index (χ2v) is 3.70. The van der Waals surface area contributed by atoms with Crippen LogP contribution in [0.15, 0.2) is 22.8 Å². The number of hydrazine groups is 1. The molecule has 1 aromatic rings. The Labute approximate surface area is 91.2 Å². The number of nitrogens with one attached hydrogen (secondary N) is 2. The predicted molar refractivity (Wildman–Crippen MR) is 58.6 cm³/mol. The number of hydrogen-bond donors (Lipinski definition) is 2. The first-order chi connectivity index (χ1) is 6.72. The van der Waals surface area contributed by atoms with Crippen molar-refractivity contribution in [3.63, 3.8) is 0 Å². The molecular weight excluding hydrogens is 246 g/mol. The van der Waals surface area contributed by atoms with Gasteiger partial charge in [-0.05, 0) is 18.6 Å². The number of carbonyl (C=O) groups excluding carboxylic acids is 1. The summed E-state index contributed by atoms with van der Waals surface area (Å²) < 4.78 is 0.916. The SMILES string of the molecule is CCCC(=O)NNc1cc(Br)ccn1. The van der Waals surface area contributed by atoms with Crippen molar-refractivity contribution in [2.75, 3.05) is 5.43 Å². The van der Waals surface area contributed by atoms with E-state index in [1.165, 1.54) is 0 Å². The lowest BCUT2D eigenvalue weighted by Gasteiger charge is -2.06. The molecule has 0 aliphatic carbocycles. The van der Waals surface area contributed by atoms with Gasteiger partial charge in [0, 0.05) is 17.1 Å². The third-order valence-electron chi connectivity index (χ3n) is 1.53. The van der Waals surface area contributed by atoms with E-state index in [0.717, 1.165) is 10.9 Å². The molecule has 0 fully saturated rings. The van der Waals surface area contributed by atoms with Gasteiger partial charge in [-0.3, -0.25) is 15.6 Å². The monoisotopic (exact) mass is 257 g/mol. The fraction of sp³-hybridized carbons (Fsp3) is 0.333. The second kappa shape index (κ2) is 5.59. The molecule has 1 rings (SSSR count). The van der Waals surface area contributed by atoms with E-state index in [1.54, 1.807) is 12.3 Å². The van der Waals surface area contributed by atoms with E-state index in [2.05, 4.69) is 31.8 Å². The van der Waals surface area contributed by atoms with Gasteiger partial charge in [0.15, 0.2) is 0 Å². The van der Waals surface area contributed by atoms with Crippen LogP contribution in [0, 0.1) is 0 Å². The molecule has 0 bridgehead atoms. The number of anilines is 1. The van der Waals surface area contributed by atoms with E-state index in [-0.39, 0.29) is 5.91 Å². The van der Waals surface area contributed by atoms with Crippen molar-refractivity contribution in [3.05, 3.63) is 22.8 Å². The van der Waals surface area contributed by atoms with Gasteiger partial charge >= 0.3 is 0 Å². The maximum Gasteiger partial charge on any atom is 0.238 e. The van der Waals surface area contributed by atoms with Gasteiger partial charge in [-0.25, -0.2) is 4.98 Å². The standard InChI is InChI=1S/C9H12BrN3O/c1-2-3-9(14)13-12-8-6-7(10)4-5-11-8/h4-6H,2-3H2,1H3,(H,11,12)(H,13,14). The van der Waals surface area contributed by atoms with Gasteiger partial charge in [0.05, 0.1) is 0 Å². The van der Waals surface area contributed by atoms with Crippen molar-refractivity contribution in [1.82, 2.24) is 10.4 Å². The smallest absolute Gasteiger partial charge is 0.238 e. The Morgan fingerprint density at radius 2 is 2.43 bits per heavy atom. The summed E-state index contributed by atoms with van der Waals surface area (Å²) >= 11 is 3.31. The number of amides is 1. The summed E-state index contributed by atoms with van der Waals surface area (Å²) in [4.78, 5) is 15.1. The predicted octanol–water partition coefficient (Wildman–Crippen LogP) is 2.09.